The van der Waals surface area contributed by atoms with E-state index in [0.29, 0.717) is 19.6 Å². The molecule has 0 radical (unpaired) electrons. The molecular weight excluding hydrogens is 281 g/mol. The van der Waals surface area contributed by atoms with Crippen molar-refractivity contribution in [2.24, 2.45) is 0 Å². The first kappa shape index (κ1) is 15.2. The first-order valence-electron chi connectivity index (χ1n) is 6.61. The third kappa shape index (κ3) is 2.79. The second kappa shape index (κ2) is 5.67. The van der Waals surface area contributed by atoms with E-state index in [2.05, 4.69) is 4.90 Å². The van der Waals surface area contributed by atoms with Crippen LogP contribution in [0.2, 0.25) is 0 Å². The van der Waals surface area contributed by atoms with E-state index in [-0.39, 0.29) is 16.6 Å². The van der Waals surface area contributed by atoms with Crippen LogP contribution in [0.5, 0.6) is 0 Å². The Kier molecular flexibility index (Phi) is 4.31. The Bertz CT molecular complexity index is 591. The van der Waals surface area contributed by atoms with Gasteiger partial charge in [-0.1, -0.05) is 6.92 Å². The Balaban J connectivity index is 2.31. The lowest BCUT2D eigenvalue weighted by Crippen LogP contribution is -2.52. The minimum absolute atomic E-state index is 0.0155. The van der Waals surface area contributed by atoms with E-state index in [9.17, 15) is 12.8 Å². The number of nitrogen functional groups attached to an aromatic ring is 1. The molecule has 0 aromatic heterocycles. The number of hydrogen-bond donors (Lipinski definition) is 1. The molecule has 1 aliphatic rings. The van der Waals surface area contributed by atoms with Crippen molar-refractivity contribution in [3.63, 3.8) is 0 Å². The SMILES string of the molecule is CCC1CN(S(=O)(=O)c2ccc(F)cc2N)CCN1C. The van der Waals surface area contributed by atoms with Gasteiger partial charge < -0.3 is 10.6 Å². The highest BCUT2D eigenvalue weighted by molar-refractivity contribution is 7.89. The van der Waals surface area contributed by atoms with Gasteiger partial charge in [0.15, 0.2) is 0 Å². The van der Waals surface area contributed by atoms with Crippen LogP contribution in [0.25, 0.3) is 0 Å². The van der Waals surface area contributed by atoms with Gasteiger partial charge in [0.2, 0.25) is 10.0 Å². The topological polar surface area (TPSA) is 66.6 Å². The van der Waals surface area contributed by atoms with Gasteiger partial charge in [0, 0.05) is 25.7 Å². The van der Waals surface area contributed by atoms with Crippen LogP contribution in [0.1, 0.15) is 13.3 Å². The summed E-state index contributed by atoms with van der Waals surface area (Å²) in [6.07, 6.45) is 0.876. The molecule has 1 saturated heterocycles. The second-order valence-corrected chi connectivity index (χ2v) is 6.99. The van der Waals surface area contributed by atoms with Crippen LogP contribution in [0, 0.1) is 5.82 Å². The Labute approximate surface area is 119 Å². The molecule has 0 saturated carbocycles. The maximum absolute atomic E-state index is 13.1. The summed E-state index contributed by atoms with van der Waals surface area (Å²) in [7, 11) is -1.67. The molecule has 1 heterocycles. The average Bonchev–Trinajstić information content (AvgIpc) is 2.38. The molecule has 112 valence electrons. The zero-order valence-corrected chi connectivity index (χ0v) is 12.5. The summed E-state index contributed by atoms with van der Waals surface area (Å²) in [5, 5.41) is 0. The molecule has 7 heteroatoms. The standard InChI is InChI=1S/C13H20FN3O2S/c1-3-11-9-17(7-6-16(11)2)20(18,19)13-5-4-10(14)8-12(13)15/h4-5,8,11H,3,6-7,9,15H2,1-2H3. The van der Waals surface area contributed by atoms with Gasteiger partial charge in [0.25, 0.3) is 0 Å². The van der Waals surface area contributed by atoms with Crippen LogP contribution in [-0.4, -0.2) is 50.3 Å². The van der Waals surface area contributed by atoms with Crippen molar-refractivity contribution >= 4 is 15.7 Å². The fourth-order valence-corrected chi connectivity index (χ4v) is 4.04. The van der Waals surface area contributed by atoms with Crippen molar-refractivity contribution in [3.05, 3.63) is 24.0 Å². The number of piperazine rings is 1. The fourth-order valence-electron chi connectivity index (χ4n) is 2.47. The fraction of sp³-hybridized carbons (Fsp3) is 0.538. The van der Waals surface area contributed by atoms with E-state index in [4.69, 9.17) is 5.73 Å². The van der Waals surface area contributed by atoms with Crippen molar-refractivity contribution < 1.29 is 12.8 Å². The predicted molar refractivity (Wildman–Crippen MR) is 76.3 cm³/mol. The summed E-state index contributed by atoms with van der Waals surface area (Å²) < 4.78 is 39.7. The van der Waals surface area contributed by atoms with Crippen molar-refractivity contribution in [2.75, 3.05) is 32.4 Å². The van der Waals surface area contributed by atoms with Gasteiger partial charge in [-0.25, -0.2) is 12.8 Å². The maximum Gasteiger partial charge on any atom is 0.245 e. The minimum Gasteiger partial charge on any atom is -0.398 e. The number of hydrogen-bond acceptors (Lipinski definition) is 4. The summed E-state index contributed by atoms with van der Waals surface area (Å²) in [6, 6.07) is 3.59. The average molecular weight is 301 g/mol. The molecule has 1 aromatic rings. The van der Waals surface area contributed by atoms with Gasteiger partial charge in [-0.3, -0.25) is 0 Å². The first-order valence-corrected chi connectivity index (χ1v) is 8.05. The monoisotopic (exact) mass is 301 g/mol. The highest BCUT2D eigenvalue weighted by atomic mass is 32.2. The maximum atomic E-state index is 13.1. The molecule has 1 fully saturated rings. The molecule has 2 rings (SSSR count). The summed E-state index contributed by atoms with van der Waals surface area (Å²) in [6.45, 7) is 3.57. The summed E-state index contributed by atoms with van der Waals surface area (Å²) >= 11 is 0. The van der Waals surface area contributed by atoms with Gasteiger partial charge in [0.1, 0.15) is 10.7 Å². The number of benzene rings is 1. The molecule has 20 heavy (non-hydrogen) atoms. The quantitative estimate of drug-likeness (QED) is 0.850. The van der Waals surface area contributed by atoms with Crippen LogP contribution >= 0.6 is 0 Å². The van der Waals surface area contributed by atoms with E-state index >= 15 is 0 Å². The van der Waals surface area contributed by atoms with E-state index < -0.39 is 15.8 Å². The van der Waals surface area contributed by atoms with Gasteiger partial charge in [-0.15, -0.1) is 0 Å². The number of halogens is 1. The van der Waals surface area contributed by atoms with Crippen molar-refractivity contribution in [3.8, 4) is 0 Å². The minimum atomic E-state index is -3.66. The van der Waals surface area contributed by atoms with Gasteiger partial charge in [-0.2, -0.15) is 4.31 Å². The zero-order chi connectivity index (χ0) is 14.9. The summed E-state index contributed by atoms with van der Waals surface area (Å²) in [4.78, 5) is 2.14. The van der Waals surface area contributed by atoms with Crippen LogP contribution in [0.4, 0.5) is 10.1 Å². The summed E-state index contributed by atoms with van der Waals surface area (Å²) in [5.41, 5.74) is 5.61. The van der Waals surface area contributed by atoms with E-state index in [1.807, 2.05) is 14.0 Å². The molecule has 1 aliphatic heterocycles. The number of nitrogens with two attached hydrogens (primary N) is 1. The highest BCUT2D eigenvalue weighted by Gasteiger charge is 2.33. The van der Waals surface area contributed by atoms with Gasteiger partial charge >= 0.3 is 0 Å². The number of nitrogens with zero attached hydrogens (tertiary/aromatic N) is 2. The third-order valence-corrected chi connectivity index (χ3v) is 5.74. The van der Waals surface area contributed by atoms with E-state index in [0.717, 1.165) is 18.6 Å². The molecule has 1 atom stereocenters. The van der Waals surface area contributed by atoms with E-state index in [1.165, 1.54) is 10.4 Å². The predicted octanol–water partition coefficient (Wildman–Crippen LogP) is 1.12. The summed E-state index contributed by atoms with van der Waals surface area (Å²) in [5.74, 6) is -0.536. The Hall–Kier alpha value is -1.18. The van der Waals surface area contributed by atoms with Gasteiger partial charge in [0.05, 0.1) is 5.69 Å². The van der Waals surface area contributed by atoms with Crippen LogP contribution in [0.3, 0.4) is 0 Å². The Morgan fingerprint density at radius 2 is 2.10 bits per heavy atom. The molecule has 0 bridgehead atoms. The number of sulfonamides is 1. The molecule has 0 amide bonds. The lowest BCUT2D eigenvalue weighted by Gasteiger charge is -2.38. The van der Waals surface area contributed by atoms with Crippen molar-refractivity contribution in [2.45, 2.75) is 24.3 Å². The normalized spacial score (nSPS) is 22.1. The van der Waals surface area contributed by atoms with Crippen LogP contribution in [0.15, 0.2) is 23.1 Å². The Morgan fingerprint density at radius 3 is 2.70 bits per heavy atom. The second-order valence-electron chi connectivity index (χ2n) is 5.09. The number of likely N-dealkylation sites (N-methyl/N-ethyl adjacent to an activating group) is 1. The van der Waals surface area contributed by atoms with Crippen molar-refractivity contribution in [1.82, 2.24) is 9.21 Å². The lowest BCUT2D eigenvalue weighted by atomic mass is 10.1. The molecule has 5 nitrogen and oxygen atoms in total. The number of rotatable bonds is 3. The van der Waals surface area contributed by atoms with Gasteiger partial charge in [-0.05, 0) is 31.7 Å². The molecule has 2 N–H and O–H groups in total. The molecule has 0 spiro atoms. The van der Waals surface area contributed by atoms with Crippen LogP contribution in [-0.2, 0) is 10.0 Å². The molecular formula is C13H20FN3O2S. The first-order chi connectivity index (χ1) is 9.36. The van der Waals surface area contributed by atoms with E-state index in [1.54, 1.807) is 0 Å². The largest absolute Gasteiger partial charge is 0.398 e. The van der Waals surface area contributed by atoms with Crippen molar-refractivity contribution in [1.29, 1.82) is 0 Å². The van der Waals surface area contributed by atoms with Crippen LogP contribution < -0.4 is 5.73 Å². The molecule has 1 aromatic carbocycles. The third-order valence-electron chi connectivity index (χ3n) is 3.80. The zero-order valence-electron chi connectivity index (χ0n) is 11.7. The smallest absolute Gasteiger partial charge is 0.245 e. The Morgan fingerprint density at radius 1 is 1.40 bits per heavy atom. The lowest BCUT2D eigenvalue weighted by molar-refractivity contribution is 0.144. The highest BCUT2D eigenvalue weighted by Crippen LogP contribution is 2.25. The molecule has 1 unspecified atom stereocenters. The molecule has 0 aliphatic carbocycles. The number of anilines is 1.